The van der Waals surface area contributed by atoms with Crippen molar-refractivity contribution in [2.45, 2.75) is 13.8 Å². The van der Waals surface area contributed by atoms with Gasteiger partial charge in [-0.2, -0.15) is 0 Å². The number of carbonyl (C=O) groups excluding carboxylic acids is 2. The van der Waals surface area contributed by atoms with Gasteiger partial charge in [0, 0.05) is 5.56 Å². The molecular weight excluding hydrogens is 262 g/mol. The summed E-state index contributed by atoms with van der Waals surface area (Å²) in [6, 6.07) is 0. The molecule has 0 atom stereocenters. The SMILES string of the molecule is COc1c2oc(O)c3c(C)c-2c(C)c(c1=N)C(=O)C3=O. The van der Waals surface area contributed by atoms with E-state index in [9.17, 15) is 14.7 Å². The average Bonchev–Trinajstić information content (AvgIpc) is 2.39. The van der Waals surface area contributed by atoms with Crippen LogP contribution in [-0.2, 0) is 0 Å². The highest BCUT2D eigenvalue weighted by molar-refractivity contribution is 6.51. The molecule has 0 radical (unpaired) electrons. The quantitative estimate of drug-likeness (QED) is 0.768. The molecule has 0 aromatic heterocycles. The van der Waals surface area contributed by atoms with Crippen molar-refractivity contribution in [3.05, 3.63) is 27.6 Å². The first-order valence-corrected chi connectivity index (χ1v) is 5.90. The molecule has 0 aromatic carbocycles. The fraction of sp³-hybridized carbons (Fsp3) is 0.214. The van der Waals surface area contributed by atoms with E-state index in [0.717, 1.165) is 0 Å². The van der Waals surface area contributed by atoms with E-state index >= 15 is 0 Å². The van der Waals surface area contributed by atoms with Crippen LogP contribution in [0.3, 0.4) is 0 Å². The van der Waals surface area contributed by atoms with Crippen LogP contribution in [0.25, 0.3) is 11.3 Å². The van der Waals surface area contributed by atoms with E-state index in [1.54, 1.807) is 13.8 Å². The average molecular weight is 273 g/mol. The number of methoxy groups -OCH3 is 1. The molecule has 0 amide bonds. The Balaban J connectivity index is 2.74. The summed E-state index contributed by atoms with van der Waals surface area (Å²) in [5, 5.41) is 17.7. The molecule has 2 N–H and O–H groups in total. The normalized spacial score (nSPS) is 13.3. The summed E-state index contributed by atoms with van der Waals surface area (Å²) in [6.45, 7) is 3.28. The third-order valence-corrected chi connectivity index (χ3v) is 3.69. The minimum atomic E-state index is -0.870. The molecule has 0 fully saturated rings. The molecule has 2 aliphatic carbocycles. The molecule has 0 unspecified atom stereocenters. The Hall–Kier alpha value is -2.63. The van der Waals surface area contributed by atoms with Crippen LogP contribution in [0, 0.1) is 19.3 Å². The molecule has 6 nitrogen and oxygen atoms in total. The van der Waals surface area contributed by atoms with Gasteiger partial charge in [0.05, 0.1) is 12.7 Å². The second kappa shape index (κ2) is 3.69. The minimum Gasteiger partial charge on any atom is -0.491 e. The van der Waals surface area contributed by atoms with E-state index in [-0.39, 0.29) is 28.0 Å². The zero-order chi connectivity index (χ0) is 14.8. The number of hydrogen-bond donors (Lipinski definition) is 2. The summed E-state index contributed by atoms with van der Waals surface area (Å²) in [4.78, 5) is 24.4. The number of ketones is 2. The Morgan fingerprint density at radius 1 is 1.05 bits per heavy atom. The lowest BCUT2D eigenvalue weighted by molar-refractivity contribution is 0.0812. The predicted molar refractivity (Wildman–Crippen MR) is 67.5 cm³/mol. The first-order chi connectivity index (χ1) is 9.40. The second-order valence-electron chi connectivity index (χ2n) is 4.68. The van der Waals surface area contributed by atoms with Gasteiger partial charge in [-0.15, -0.1) is 0 Å². The number of nitrogens with one attached hydrogen (secondary N) is 1. The number of fused-ring (bicyclic) bond motifs is 2. The summed E-state index contributed by atoms with van der Waals surface area (Å²) in [5.41, 5.74) is 1.33. The molecule has 3 rings (SSSR count). The maximum Gasteiger partial charge on any atom is 0.294 e. The van der Waals surface area contributed by atoms with Gasteiger partial charge >= 0.3 is 0 Å². The van der Waals surface area contributed by atoms with Crippen LogP contribution in [0.4, 0.5) is 0 Å². The number of carbonyl (C=O) groups is 2. The molecule has 102 valence electrons. The van der Waals surface area contributed by atoms with Crippen LogP contribution in [0.2, 0.25) is 0 Å². The van der Waals surface area contributed by atoms with Crippen LogP contribution in [0.5, 0.6) is 11.7 Å². The molecule has 6 heteroatoms. The molecule has 0 saturated heterocycles. The number of hydrogen-bond acceptors (Lipinski definition) is 6. The van der Waals surface area contributed by atoms with Gasteiger partial charge in [-0.25, -0.2) is 0 Å². The molecule has 0 aromatic rings. The highest BCUT2D eigenvalue weighted by atomic mass is 16.5. The topological polar surface area (TPSA) is 101 Å². The zero-order valence-electron chi connectivity index (χ0n) is 11.1. The maximum atomic E-state index is 12.3. The highest BCUT2D eigenvalue weighted by Gasteiger charge is 2.38. The Morgan fingerprint density at radius 3 is 2.20 bits per heavy atom. The van der Waals surface area contributed by atoms with Crippen molar-refractivity contribution in [2.24, 2.45) is 0 Å². The summed E-state index contributed by atoms with van der Waals surface area (Å²) >= 11 is 0. The molecule has 0 saturated carbocycles. The van der Waals surface area contributed by atoms with E-state index in [4.69, 9.17) is 14.6 Å². The van der Waals surface area contributed by atoms with Gasteiger partial charge in [-0.05, 0) is 25.0 Å². The second-order valence-corrected chi connectivity index (χ2v) is 4.68. The molecule has 20 heavy (non-hydrogen) atoms. The monoisotopic (exact) mass is 273 g/mol. The fourth-order valence-corrected chi connectivity index (χ4v) is 2.78. The Bertz CT molecular complexity index is 831. The summed E-state index contributed by atoms with van der Waals surface area (Å²) in [7, 11) is 1.34. The molecule has 1 aliphatic heterocycles. The van der Waals surface area contributed by atoms with Gasteiger partial charge < -0.3 is 14.3 Å². The van der Waals surface area contributed by atoms with Crippen molar-refractivity contribution in [3.63, 3.8) is 0 Å². The lowest BCUT2D eigenvalue weighted by Crippen LogP contribution is -2.23. The summed E-state index contributed by atoms with van der Waals surface area (Å²) < 4.78 is 10.4. The number of ether oxygens (including phenoxy) is 1. The standard InChI is InChI=1S/C14H11NO5/c1-4-6-5(2)8-11(17)10(16)7(4)9(15)13(19-3)12(6)20-14(8)18/h15,18H,1-3H3. The van der Waals surface area contributed by atoms with E-state index in [1.165, 1.54) is 7.11 Å². The van der Waals surface area contributed by atoms with Gasteiger partial charge in [-0.3, -0.25) is 15.0 Å². The van der Waals surface area contributed by atoms with Crippen LogP contribution in [0.15, 0.2) is 4.42 Å². The van der Waals surface area contributed by atoms with E-state index in [0.29, 0.717) is 16.7 Å². The van der Waals surface area contributed by atoms with E-state index in [1.807, 2.05) is 0 Å². The number of aromatic hydroxyl groups is 1. The first kappa shape index (κ1) is 12.4. The van der Waals surface area contributed by atoms with E-state index < -0.39 is 17.5 Å². The fourth-order valence-electron chi connectivity index (χ4n) is 2.78. The van der Waals surface area contributed by atoms with Crippen molar-refractivity contribution >= 4 is 11.6 Å². The Morgan fingerprint density at radius 2 is 1.60 bits per heavy atom. The van der Waals surface area contributed by atoms with Crippen molar-refractivity contribution in [3.8, 4) is 23.0 Å². The molecule has 3 bridgehead atoms. The number of rotatable bonds is 1. The lowest BCUT2D eigenvalue weighted by Gasteiger charge is -2.16. The molecule has 0 spiro atoms. The number of Topliss-reactive ketones (excluding diaryl/α,β-unsaturated/α-hetero) is 2. The van der Waals surface area contributed by atoms with Gasteiger partial charge in [-0.1, -0.05) is 0 Å². The predicted octanol–water partition coefficient (Wildman–Crippen LogP) is 1.57. The van der Waals surface area contributed by atoms with Gasteiger partial charge in [0.2, 0.25) is 11.6 Å². The Labute approximate surface area is 113 Å². The van der Waals surface area contributed by atoms with Crippen molar-refractivity contribution in [1.82, 2.24) is 0 Å². The van der Waals surface area contributed by atoms with Gasteiger partial charge in [0.1, 0.15) is 10.9 Å². The molecular formula is C14H11NO5. The Kier molecular flexibility index (Phi) is 2.29. The van der Waals surface area contributed by atoms with Crippen LogP contribution in [-0.4, -0.2) is 23.8 Å². The van der Waals surface area contributed by atoms with Gasteiger partial charge in [0.25, 0.3) is 5.95 Å². The first-order valence-electron chi connectivity index (χ1n) is 5.90. The maximum absolute atomic E-state index is 12.3. The van der Waals surface area contributed by atoms with Crippen molar-refractivity contribution in [2.75, 3.05) is 7.11 Å². The van der Waals surface area contributed by atoms with Crippen molar-refractivity contribution in [1.29, 1.82) is 5.41 Å². The largest absolute Gasteiger partial charge is 0.491 e. The highest BCUT2D eigenvalue weighted by Crippen LogP contribution is 2.43. The smallest absolute Gasteiger partial charge is 0.294 e. The van der Waals surface area contributed by atoms with Crippen LogP contribution < -0.4 is 10.1 Å². The summed E-state index contributed by atoms with van der Waals surface area (Å²) in [6.07, 6.45) is 0. The molecule has 3 aliphatic rings. The summed E-state index contributed by atoms with van der Waals surface area (Å²) in [5.74, 6) is -2.13. The third-order valence-electron chi connectivity index (χ3n) is 3.69. The third kappa shape index (κ3) is 1.20. The van der Waals surface area contributed by atoms with Gasteiger partial charge in [0.15, 0.2) is 11.5 Å². The number of benzene rings is 1. The minimum absolute atomic E-state index is 0.00162. The zero-order valence-corrected chi connectivity index (χ0v) is 11.1. The van der Waals surface area contributed by atoms with Crippen LogP contribution in [0.1, 0.15) is 31.8 Å². The van der Waals surface area contributed by atoms with Crippen molar-refractivity contribution < 1.29 is 23.8 Å². The van der Waals surface area contributed by atoms with Crippen LogP contribution >= 0.6 is 0 Å². The lowest BCUT2D eigenvalue weighted by atomic mass is 9.94. The van der Waals surface area contributed by atoms with E-state index in [2.05, 4.69) is 0 Å². The molecule has 1 heterocycles.